The number of halogens is 1. The van der Waals surface area contributed by atoms with Gasteiger partial charge in [-0.05, 0) is 18.6 Å². The highest BCUT2D eigenvalue weighted by atomic mass is 79.9. The van der Waals surface area contributed by atoms with Crippen molar-refractivity contribution in [2.24, 2.45) is 0 Å². The van der Waals surface area contributed by atoms with Crippen molar-refractivity contribution >= 4 is 17.0 Å². The zero-order valence-corrected chi connectivity index (χ0v) is 7.84. The molecule has 0 unspecified atom stereocenters. The maximum Gasteiger partial charge on any atom is 0.121 e. The summed E-state index contributed by atoms with van der Waals surface area (Å²) in [5.74, 6) is 0.956. The molecule has 0 aliphatic rings. The third-order valence-electron chi connectivity index (χ3n) is 1.31. The summed E-state index contributed by atoms with van der Waals surface area (Å²) < 4.78 is 5.04. The predicted octanol–water partition coefficient (Wildman–Crippen LogP) is 2.58. The Balaban J connectivity index is 0.000000810. The quantitative estimate of drug-likeness (QED) is 0.681. The van der Waals surface area contributed by atoms with E-state index in [1.54, 1.807) is 7.11 Å². The highest BCUT2D eigenvalue weighted by molar-refractivity contribution is 8.93. The van der Waals surface area contributed by atoms with E-state index in [-0.39, 0.29) is 17.0 Å². The second-order valence-electron chi connectivity index (χ2n) is 1.97. The average Bonchev–Trinajstić information content (AvgIpc) is 1.89. The van der Waals surface area contributed by atoms with Crippen LogP contribution in [0, 0.1) is 6.92 Å². The second-order valence-corrected chi connectivity index (χ2v) is 1.97. The first-order valence-electron chi connectivity index (χ1n) is 2.94. The summed E-state index contributed by atoms with van der Waals surface area (Å²) in [7, 11) is 1.68. The standard InChI is InChI=1S/C8H10O.BrH/c1-7-5-3-4-6-8(7)9-2;/h3-6H,1-2H3;1H. The minimum Gasteiger partial charge on any atom is -0.496 e. The fraction of sp³-hybridized carbons (Fsp3) is 0.250. The van der Waals surface area contributed by atoms with Gasteiger partial charge in [0.15, 0.2) is 0 Å². The Kier molecular flexibility index (Phi) is 4.12. The van der Waals surface area contributed by atoms with Gasteiger partial charge in [-0.1, -0.05) is 18.2 Å². The third kappa shape index (κ3) is 2.03. The lowest BCUT2D eigenvalue weighted by Crippen LogP contribution is -1.84. The number of methoxy groups -OCH3 is 1. The molecule has 0 bridgehead atoms. The van der Waals surface area contributed by atoms with Gasteiger partial charge in [-0.25, -0.2) is 0 Å². The van der Waals surface area contributed by atoms with E-state index in [4.69, 9.17) is 4.74 Å². The van der Waals surface area contributed by atoms with E-state index in [1.807, 2.05) is 31.2 Å². The Morgan fingerprint density at radius 3 is 2.20 bits per heavy atom. The van der Waals surface area contributed by atoms with Gasteiger partial charge in [0.25, 0.3) is 0 Å². The third-order valence-corrected chi connectivity index (χ3v) is 1.31. The molecule has 1 aromatic carbocycles. The van der Waals surface area contributed by atoms with Gasteiger partial charge < -0.3 is 4.74 Å². The van der Waals surface area contributed by atoms with Crippen LogP contribution in [0.15, 0.2) is 24.3 Å². The molecular formula is C8H11BrO. The van der Waals surface area contributed by atoms with E-state index >= 15 is 0 Å². The molecule has 10 heavy (non-hydrogen) atoms. The lowest BCUT2D eigenvalue weighted by atomic mass is 10.2. The lowest BCUT2D eigenvalue weighted by Gasteiger charge is -2.00. The van der Waals surface area contributed by atoms with Crippen molar-refractivity contribution in [3.05, 3.63) is 29.8 Å². The molecule has 0 aliphatic carbocycles. The largest absolute Gasteiger partial charge is 0.496 e. The van der Waals surface area contributed by atoms with Crippen molar-refractivity contribution in [3.8, 4) is 5.75 Å². The first-order chi connectivity index (χ1) is 4.34. The van der Waals surface area contributed by atoms with Gasteiger partial charge in [0.1, 0.15) is 5.75 Å². The smallest absolute Gasteiger partial charge is 0.121 e. The van der Waals surface area contributed by atoms with Crippen molar-refractivity contribution < 1.29 is 4.74 Å². The van der Waals surface area contributed by atoms with Crippen molar-refractivity contribution in [2.45, 2.75) is 6.92 Å². The fourth-order valence-corrected chi connectivity index (χ4v) is 0.785. The van der Waals surface area contributed by atoms with E-state index in [0.29, 0.717) is 0 Å². The van der Waals surface area contributed by atoms with Crippen LogP contribution in [0.2, 0.25) is 0 Å². The molecule has 0 aromatic heterocycles. The summed E-state index contributed by atoms with van der Waals surface area (Å²) in [5, 5.41) is 0. The normalized spacial score (nSPS) is 8.20. The van der Waals surface area contributed by atoms with Gasteiger partial charge >= 0.3 is 0 Å². The predicted molar refractivity (Wildman–Crippen MR) is 48.1 cm³/mol. The zero-order valence-electron chi connectivity index (χ0n) is 6.13. The van der Waals surface area contributed by atoms with Crippen LogP contribution in [-0.2, 0) is 0 Å². The van der Waals surface area contributed by atoms with Crippen molar-refractivity contribution in [2.75, 3.05) is 7.11 Å². The van der Waals surface area contributed by atoms with Crippen LogP contribution in [0.5, 0.6) is 5.75 Å². The minimum atomic E-state index is 0. The van der Waals surface area contributed by atoms with Crippen LogP contribution in [0.25, 0.3) is 0 Å². The van der Waals surface area contributed by atoms with Crippen LogP contribution in [0.1, 0.15) is 5.56 Å². The first-order valence-corrected chi connectivity index (χ1v) is 2.94. The maximum atomic E-state index is 5.04. The second kappa shape index (κ2) is 4.34. The van der Waals surface area contributed by atoms with Gasteiger partial charge in [-0.3, -0.25) is 0 Å². The minimum absolute atomic E-state index is 0. The maximum absolute atomic E-state index is 5.04. The zero-order chi connectivity index (χ0) is 6.69. The summed E-state index contributed by atoms with van der Waals surface area (Å²) in [6.45, 7) is 2.03. The Hall–Kier alpha value is -0.500. The number of rotatable bonds is 1. The number of para-hydroxylation sites is 1. The molecule has 1 aromatic rings. The van der Waals surface area contributed by atoms with Gasteiger partial charge in [-0.15, -0.1) is 17.0 Å². The highest BCUT2D eigenvalue weighted by Crippen LogP contribution is 2.14. The highest BCUT2D eigenvalue weighted by Gasteiger charge is 1.90. The molecule has 0 N–H and O–H groups in total. The average molecular weight is 203 g/mol. The number of aryl methyl sites for hydroxylation is 1. The molecule has 1 nitrogen and oxygen atoms in total. The molecule has 0 spiro atoms. The van der Waals surface area contributed by atoms with Gasteiger partial charge in [0.2, 0.25) is 0 Å². The van der Waals surface area contributed by atoms with Crippen molar-refractivity contribution in [1.82, 2.24) is 0 Å². The molecule has 0 radical (unpaired) electrons. The molecule has 2 heteroatoms. The van der Waals surface area contributed by atoms with E-state index in [1.165, 1.54) is 5.56 Å². The summed E-state index contributed by atoms with van der Waals surface area (Å²) >= 11 is 0. The Bertz CT molecular complexity index is 198. The fourth-order valence-electron chi connectivity index (χ4n) is 0.785. The molecule has 0 heterocycles. The topological polar surface area (TPSA) is 9.23 Å². The van der Waals surface area contributed by atoms with E-state index in [2.05, 4.69) is 0 Å². The molecule has 0 aliphatic heterocycles. The van der Waals surface area contributed by atoms with E-state index in [0.717, 1.165) is 5.75 Å². The Morgan fingerprint density at radius 2 is 1.80 bits per heavy atom. The molecule has 1 rings (SSSR count). The molecular weight excluding hydrogens is 192 g/mol. The van der Waals surface area contributed by atoms with Crippen molar-refractivity contribution in [3.63, 3.8) is 0 Å². The van der Waals surface area contributed by atoms with Crippen LogP contribution < -0.4 is 4.74 Å². The molecule has 0 saturated carbocycles. The summed E-state index contributed by atoms with van der Waals surface area (Å²) in [5.41, 5.74) is 1.18. The Labute approximate surface area is 71.8 Å². The number of ether oxygens (including phenoxy) is 1. The van der Waals surface area contributed by atoms with Crippen LogP contribution in [0.4, 0.5) is 0 Å². The van der Waals surface area contributed by atoms with Gasteiger partial charge in [-0.2, -0.15) is 0 Å². The SMILES string of the molecule is Br.COc1ccccc1C. The number of hydrogen-bond donors (Lipinski definition) is 0. The molecule has 0 atom stereocenters. The Morgan fingerprint density at radius 1 is 1.20 bits per heavy atom. The van der Waals surface area contributed by atoms with Crippen molar-refractivity contribution in [1.29, 1.82) is 0 Å². The van der Waals surface area contributed by atoms with Crippen LogP contribution in [0.3, 0.4) is 0 Å². The van der Waals surface area contributed by atoms with Gasteiger partial charge in [0.05, 0.1) is 7.11 Å². The molecule has 0 amide bonds. The van der Waals surface area contributed by atoms with Crippen LogP contribution >= 0.6 is 17.0 Å². The van der Waals surface area contributed by atoms with E-state index in [9.17, 15) is 0 Å². The summed E-state index contributed by atoms with van der Waals surface area (Å²) in [6, 6.07) is 7.94. The molecule has 0 fully saturated rings. The first kappa shape index (κ1) is 9.50. The molecule has 56 valence electrons. The van der Waals surface area contributed by atoms with Gasteiger partial charge in [0, 0.05) is 0 Å². The van der Waals surface area contributed by atoms with E-state index < -0.39 is 0 Å². The summed E-state index contributed by atoms with van der Waals surface area (Å²) in [4.78, 5) is 0. The number of hydrogen-bond acceptors (Lipinski definition) is 1. The lowest BCUT2D eigenvalue weighted by molar-refractivity contribution is 0.411. The molecule has 0 saturated heterocycles. The monoisotopic (exact) mass is 202 g/mol. The summed E-state index contributed by atoms with van der Waals surface area (Å²) in [6.07, 6.45) is 0. The van der Waals surface area contributed by atoms with Crippen LogP contribution in [-0.4, -0.2) is 7.11 Å². The number of benzene rings is 1.